The number of rotatable bonds is 5. The Morgan fingerprint density at radius 1 is 1.38 bits per heavy atom. The molecule has 0 aliphatic heterocycles. The molecule has 0 aliphatic carbocycles. The molecule has 0 aliphatic rings. The normalized spacial score (nSPS) is 11.4. The van der Waals surface area contributed by atoms with Crippen molar-refractivity contribution in [2.75, 3.05) is 18.9 Å². The van der Waals surface area contributed by atoms with E-state index in [9.17, 15) is 0 Å². The highest BCUT2D eigenvalue weighted by Gasteiger charge is 2.07. The lowest BCUT2D eigenvalue weighted by molar-refractivity contribution is 0.289. The predicted molar refractivity (Wildman–Crippen MR) is 66.5 cm³/mol. The Morgan fingerprint density at radius 3 is 2.75 bits per heavy atom. The van der Waals surface area contributed by atoms with Crippen molar-refractivity contribution in [1.29, 1.82) is 0 Å². The fourth-order valence-corrected chi connectivity index (χ4v) is 1.22. The Balaban J connectivity index is 2.17. The number of pyridine rings is 1. The molecule has 0 radical (unpaired) electrons. The second-order valence-corrected chi connectivity index (χ2v) is 4.78. The zero-order chi connectivity index (χ0) is 12.0. The van der Waals surface area contributed by atoms with Gasteiger partial charge in [-0.1, -0.05) is 6.07 Å². The van der Waals surface area contributed by atoms with Crippen LogP contribution in [0.4, 0.5) is 5.82 Å². The molecule has 0 saturated heterocycles. The molecule has 1 aromatic rings. The summed E-state index contributed by atoms with van der Waals surface area (Å²) in [6.45, 7) is 8.03. The van der Waals surface area contributed by atoms with Crippen molar-refractivity contribution in [3.05, 3.63) is 18.2 Å². The highest BCUT2D eigenvalue weighted by molar-refractivity contribution is 5.30. The summed E-state index contributed by atoms with van der Waals surface area (Å²) in [4.78, 5) is 4.05. The first-order chi connectivity index (χ1) is 7.47. The summed E-state index contributed by atoms with van der Waals surface area (Å²) in [6.07, 6.45) is 0.952. The Morgan fingerprint density at radius 2 is 2.12 bits per heavy atom. The van der Waals surface area contributed by atoms with Gasteiger partial charge in [0, 0.05) is 11.6 Å². The van der Waals surface area contributed by atoms with Crippen molar-refractivity contribution in [2.24, 2.45) is 0 Å². The number of nitrogen functional groups attached to an aromatic ring is 1. The molecular formula is C12H21N3O. The fourth-order valence-electron chi connectivity index (χ4n) is 1.22. The first-order valence-electron chi connectivity index (χ1n) is 5.58. The average Bonchev–Trinajstić information content (AvgIpc) is 2.15. The number of nitrogens with one attached hydrogen (secondary N) is 1. The van der Waals surface area contributed by atoms with Gasteiger partial charge in [-0.3, -0.25) is 0 Å². The van der Waals surface area contributed by atoms with Crippen molar-refractivity contribution in [1.82, 2.24) is 10.3 Å². The van der Waals surface area contributed by atoms with Crippen LogP contribution in [-0.2, 0) is 0 Å². The molecule has 1 rings (SSSR count). The van der Waals surface area contributed by atoms with Gasteiger partial charge in [-0.25, -0.2) is 0 Å². The van der Waals surface area contributed by atoms with Crippen LogP contribution in [-0.4, -0.2) is 23.7 Å². The van der Waals surface area contributed by atoms with E-state index in [1.54, 1.807) is 6.07 Å². The SMILES string of the molecule is CC(C)(C)NCCCOc1cccc(N)n1. The molecule has 1 heterocycles. The van der Waals surface area contributed by atoms with Crippen LogP contribution in [0.5, 0.6) is 5.88 Å². The monoisotopic (exact) mass is 223 g/mol. The number of nitrogens with two attached hydrogens (primary N) is 1. The van der Waals surface area contributed by atoms with E-state index in [1.165, 1.54) is 0 Å². The van der Waals surface area contributed by atoms with Gasteiger partial charge >= 0.3 is 0 Å². The molecule has 0 saturated carbocycles. The van der Waals surface area contributed by atoms with Crippen molar-refractivity contribution in [3.8, 4) is 5.88 Å². The molecule has 3 N–H and O–H groups in total. The van der Waals surface area contributed by atoms with Gasteiger partial charge in [-0.15, -0.1) is 0 Å². The number of anilines is 1. The second kappa shape index (κ2) is 5.70. The number of hydrogen-bond acceptors (Lipinski definition) is 4. The summed E-state index contributed by atoms with van der Waals surface area (Å²) < 4.78 is 5.47. The summed E-state index contributed by atoms with van der Waals surface area (Å²) in [5.74, 6) is 1.08. The molecule has 0 spiro atoms. The number of ether oxygens (including phenoxy) is 1. The quantitative estimate of drug-likeness (QED) is 0.747. The maximum absolute atomic E-state index is 5.54. The Kier molecular flexibility index (Phi) is 4.55. The summed E-state index contributed by atoms with van der Waals surface area (Å²) in [5, 5.41) is 3.39. The first kappa shape index (κ1) is 12.8. The maximum Gasteiger partial charge on any atom is 0.215 e. The minimum absolute atomic E-state index is 0.162. The largest absolute Gasteiger partial charge is 0.478 e. The third-order valence-electron chi connectivity index (χ3n) is 1.97. The van der Waals surface area contributed by atoms with Gasteiger partial charge in [0.1, 0.15) is 5.82 Å². The molecule has 0 fully saturated rings. The summed E-state index contributed by atoms with van der Waals surface area (Å²) >= 11 is 0. The van der Waals surface area contributed by atoms with Crippen LogP contribution in [0, 0.1) is 0 Å². The fraction of sp³-hybridized carbons (Fsp3) is 0.583. The van der Waals surface area contributed by atoms with E-state index in [-0.39, 0.29) is 5.54 Å². The highest BCUT2D eigenvalue weighted by atomic mass is 16.5. The molecule has 0 amide bonds. The van der Waals surface area contributed by atoms with Crippen LogP contribution in [0.1, 0.15) is 27.2 Å². The van der Waals surface area contributed by atoms with Gasteiger partial charge in [-0.2, -0.15) is 4.98 Å². The molecule has 0 aromatic carbocycles. The average molecular weight is 223 g/mol. The molecule has 16 heavy (non-hydrogen) atoms. The van der Waals surface area contributed by atoms with Crippen LogP contribution in [0.25, 0.3) is 0 Å². The van der Waals surface area contributed by atoms with E-state index in [2.05, 4.69) is 31.1 Å². The summed E-state index contributed by atoms with van der Waals surface area (Å²) in [7, 11) is 0. The lowest BCUT2D eigenvalue weighted by Gasteiger charge is -2.20. The van der Waals surface area contributed by atoms with Crippen LogP contribution in [0.15, 0.2) is 18.2 Å². The van der Waals surface area contributed by atoms with E-state index in [1.807, 2.05) is 12.1 Å². The molecular weight excluding hydrogens is 202 g/mol. The van der Waals surface area contributed by atoms with Crippen LogP contribution in [0.3, 0.4) is 0 Å². The van der Waals surface area contributed by atoms with E-state index in [4.69, 9.17) is 10.5 Å². The topological polar surface area (TPSA) is 60.2 Å². The van der Waals surface area contributed by atoms with E-state index >= 15 is 0 Å². The minimum Gasteiger partial charge on any atom is -0.478 e. The van der Waals surface area contributed by atoms with Gasteiger partial charge in [0.05, 0.1) is 6.61 Å². The van der Waals surface area contributed by atoms with Gasteiger partial charge < -0.3 is 15.8 Å². The Bertz CT molecular complexity index is 320. The van der Waals surface area contributed by atoms with Gasteiger partial charge in [-0.05, 0) is 39.8 Å². The van der Waals surface area contributed by atoms with Crippen LogP contribution >= 0.6 is 0 Å². The molecule has 1 aromatic heterocycles. The zero-order valence-electron chi connectivity index (χ0n) is 10.3. The van der Waals surface area contributed by atoms with Gasteiger partial charge in [0.2, 0.25) is 5.88 Å². The predicted octanol–water partition coefficient (Wildman–Crippen LogP) is 1.82. The Hall–Kier alpha value is -1.29. The van der Waals surface area contributed by atoms with Crippen LogP contribution < -0.4 is 15.8 Å². The smallest absolute Gasteiger partial charge is 0.215 e. The molecule has 4 nitrogen and oxygen atoms in total. The summed E-state index contributed by atoms with van der Waals surface area (Å²) in [5.41, 5.74) is 5.70. The standard InChI is InChI=1S/C12H21N3O/c1-12(2,3)14-8-5-9-16-11-7-4-6-10(13)15-11/h4,6-7,14H,5,8-9H2,1-3H3,(H2,13,15). The minimum atomic E-state index is 0.162. The lowest BCUT2D eigenvalue weighted by atomic mass is 10.1. The van der Waals surface area contributed by atoms with Gasteiger partial charge in [0.25, 0.3) is 0 Å². The zero-order valence-corrected chi connectivity index (χ0v) is 10.3. The van der Waals surface area contributed by atoms with Crippen LogP contribution in [0.2, 0.25) is 0 Å². The van der Waals surface area contributed by atoms with Gasteiger partial charge in [0.15, 0.2) is 0 Å². The van der Waals surface area contributed by atoms with Crippen molar-refractivity contribution in [2.45, 2.75) is 32.7 Å². The third-order valence-corrected chi connectivity index (χ3v) is 1.97. The van der Waals surface area contributed by atoms with Crippen molar-refractivity contribution < 1.29 is 4.74 Å². The summed E-state index contributed by atoms with van der Waals surface area (Å²) in [6, 6.07) is 5.40. The van der Waals surface area contributed by atoms with E-state index in [0.717, 1.165) is 13.0 Å². The molecule has 0 atom stereocenters. The Labute approximate surface area is 97.2 Å². The first-order valence-corrected chi connectivity index (χ1v) is 5.58. The maximum atomic E-state index is 5.54. The number of nitrogens with zero attached hydrogens (tertiary/aromatic N) is 1. The third kappa shape index (κ3) is 5.56. The molecule has 4 heteroatoms. The second-order valence-electron chi connectivity index (χ2n) is 4.78. The number of aromatic nitrogens is 1. The molecule has 0 unspecified atom stereocenters. The molecule has 90 valence electrons. The highest BCUT2D eigenvalue weighted by Crippen LogP contribution is 2.08. The van der Waals surface area contributed by atoms with E-state index in [0.29, 0.717) is 18.3 Å². The van der Waals surface area contributed by atoms with E-state index < -0.39 is 0 Å². The lowest BCUT2D eigenvalue weighted by Crippen LogP contribution is -2.36. The van der Waals surface area contributed by atoms with Crippen molar-refractivity contribution in [3.63, 3.8) is 0 Å². The molecule has 0 bridgehead atoms. The van der Waals surface area contributed by atoms with Crippen molar-refractivity contribution >= 4 is 5.82 Å². The number of hydrogen-bond donors (Lipinski definition) is 2.